The molecule has 1 amide bonds. The molecular weight excluding hydrogens is 256 g/mol. The summed E-state index contributed by atoms with van der Waals surface area (Å²) in [7, 11) is 0. The molecule has 0 aromatic heterocycles. The summed E-state index contributed by atoms with van der Waals surface area (Å²) in [5.74, 6) is 1.24. The third-order valence-corrected chi connectivity index (χ3v) is 3.94. The summed E-state index contributed by atoms with van der Waals surface area (Å²) >= 11 is 0. The zero-order valence-electron chi connectivity index (χ0n) is 11.4. The van der Waals surface area contributed by atoms with Crippen LogP contribution in [0.3, 0.4) is 0 Å². The van der Waals surface area contributed by atoms with Gasteiger partial charge >= 0.3 is 0 Å². The lowest BCUT2D eigenvalue weighted by Gasteiger charge is -2.29. The van der Waals surface area contributed by atoms with Crippen molar-refractivity contribution < 1.29 is 14.3 Å². The van der Waals surface area contributed by atoms with Crippen LogP contribution >= 0.6 is 0 Å². The van der Waals surface area contributed by atoms with Crippen LogP contribution < -0.4 is 20.5 Å². The fourth-order valence-electron chi connectivity index (χ4n) is 2.78. The van der Waals surface area contributed by atoms with Gasteiger partial charge in [-0.3, -0.25) is 4.79 Å². The molecule has 20 heavy (non-hydrogen) atoms. The van der Waals surface area contributed by atoms with Crippen LogP contribution in [0.25, 0.3) is 0 Å². The van der Waals surface area contributed by atoms with Gasteiger partial charge in [-0.1, -0.05) is 12.8 Å². The summed E-state index contributed by atoms with van der Waals surface area (Å²) in [6.07, 6.45) is 4.21. The molecule has 5 nitrogen and oxygen atoms in total. The molecule has 0 radical (unpaired) electrons. The standard InChI is InChI=1S/C15H20N2O3/c16-11-3-1-2-4-12(11)17-15(18)10-5-6-13-14(9-10)20-8-7-19-13/h5-6,9,11-12H,1-4,7-8,16H2,(H,17,18)/t11-,12-/m1/s1. The molecule has 1 aromatic rings. The van der Waals surface area contributed by atoms with E-state index in [1.807, 2.05) is 0 Å². The summed E-state index contributed by atoms with van der Waals surface area (Å²) in [6, 6.07) is 5.41. The number of hydrogen-bond acceptors (Lipinski definition) is 4. The number of benzene rings is 1. The zero-order valence-corrected chi connectivity index (χ0v) is 11.4. The SMILES string of the molecule is N[C@@H]1CCCC[C@H]1NC(=O)c1ccc2c(c1)OCCO2. The molecule has 1 aromatic carbocycles. The maximum absolute atomic E-state index is 12.3. The topological polar surface area (TPSA) is 73.6 Å². The van der Waals surface area contributed by atoms with Crippen LogP contribution in [0.5, 0.6) is 11.5 Å². The molecule has 1 aliphatic heterocycles. The molecule has 1 aliphatic carbocycles. The second kappa shape index (κ2) is 5.71. The summed E-state index contributed by atoms with van der Waals surface area (Å²) in [6.45, 7) is 1.07. The number of hydrogen-bond donors (Lipinski definition) is 2. The number of rotatable bonds is 2. The van der Waals surface area contributed by atoms with Crippen molar-refractivity contribution in [2.24, 2.45) is 5.73 Å². The van der Waals surface area contributed by atoms with Crippen molar-refractivity contribution in [1.29, 1.82) is 0 Å². The summed E-state index contributed by atoms with van der Waals surface area (Å²) < 4.78 is 10.9. The van der Waals surface area contributed by atoms with Gasteiger partial charge in [0.2, 0.25) is 0 Å². The van der Waals surface area contributed by atoms with Crippen LogP contribution in [0.15, 0.2) is 18.2 Å². The van der Waals surface area contributed by atoms with Crippen LogP contribution in [0.2, 0.25) is 0 Å². The number of nitrogens with one attached hydrogen (secondary N) is 1. The van der Waals surface area contributed by atoms with Crippen molar-refractivity contribution in [2.75, 3.05) is 13.2 Å². The Bertz CT molecular complexity index is 504. The maximum Gasteiger partial charge on any atom is 0.251 e. The highest BCUT2D eigenvalue weighted by Crippen LogP contribution is 2.30. The van der Waals surface area contributed by atoms with E-state index in [9.17, 15) is 4.79 Å². The Hall–Kier alpha value is -1.75. The van der Waals surface area contributed by atoms with Gasteiger partial charge < -0.3 is 20.5 Å². The van der Waals surface area contributed by atoms with Gasteiger partial charge in [0.05, 0.1) is 0 Å². The van der Waals surface area contributed by atoms with E-state index < -0.39 is 0 Å². The molecule has 2 atom stereocenters. The van der Waals surface area contributed by atoms with E-state index in [0.717, 1.165) is 25.7 Å². The largest absolute Gasteiger partial charge is 0.486 e. The minimum Gasteiger partial charge on any atom is -0.486 e. The number of carbonyl (C=O) groups excluding carboxylic acids is 1. The molecule has 0 bridgehead atoms. The number of fused-ring (bicyclic) bond motifs is 1. The monoisotopic (exact) mass is 276 g/mol. The Morgan fingerprint density at radius 3 is 2.70 bits per heavy atom. The average molecular weight is 276 g/mol. The quantitative estimate of drug-likeness (QED) is 0.857. The van der Waals surface area contributed by atoms with Gasteiger partial charge in [-0.05, 0) is 31.0 Å². The molecule has 2 aliphatic rings. The maximum atomic E-state index is 12.3. The van der Waals surface area contributed by atoms with Gasteiger partial charge in [-0.25, -0.2) is 0 Å². The fraction of sp³-hybridized carbons (Fsp3) is 0.533. The van der Waals surface area contributed by atoms with Gasteiger partial charge in [0.25, 0.3) is 5.91 Å². The van der Waals surface area contributed by atoms with E-state index in [1.165, 1.54) is 0 Å². The van der Waals surface area contributed by atoms with E-state index in [4.69, 9.17) is 15.2 Å². The third kappa shape index (κ3) is 2.72. The number of nitrogens with two attached hydrogens (primary N) is 1. The highest BCUT2D eigenvalue weighted by atomic mass is 16.6. The molecule has 1 saturated carbocycles. The second-order valence-corrected chi connectivity index (χ2v) is 5.39. The van der Waals surface area contributed by atoms with Gasteiger partial charge in [0, 0.05) is 17.6 Å². The molecule has 0 saturated heterocycles. The predicted octanol–water partition coefficient (Wildman–Crippen LogP) is 1.46. The van der Waals surface area contributed by atoms with Gasteiger partial charge in [0.15, 0.2) is 11.5 Å². The minimum absolute atomic E-state index is 0.0601. The Morgan fingerprint density at radius 1 is 1.15 bits per heavy atom. The van der Waals surface area contributed by atoms with Crippen molar-refractivity contribution in [3.63, 3.8) is 0 Å². The zero-order chi connectivity index (χ0) is 13.9. The van der Waals surface area contributed by atoms with Crippen LogP contribution in [-0.4, -0.2) is 31.2 Å². The van der Waals surface area contributed by atoms with Crippen LogP contribution in [-0.2, 0) is 0 Å². The first-order valence-electron chi connectivity index (χ1n) is 7.20. The number of ether oxygens (including phenoxy) is 2. The summed E-state index contributed by atoms with van der Waals surface area (Å²) in [5.41, 5.74) is 6.65. The third-order valence-electron chi connectivity index (χ3n) is 3.94. The summed E-state index contributed by atoms with van der Waals surface area (Å²) in [5, 5.41) is 3.03. The number of amides is 1. The Kier molecular flexibility index (Phi) is 3.78. The first-order chi connectivity index (χ1) is 9.74. The van der Waals surface area contributed by atoms with E-state index in [1.54, 1.807) is 18.2 Å². The molecule has 3 N–H and O–H groups in total. The molecule has 1 heterocycles. The predicted molar refractivity (Wildman–Crippen MR) is 75.1 cm³/mol. The molecule has 0 unspecified atom stereocenters. The average Bonchev–Trinajstić information content (AvgIpc) is 2.49. The first kappa shape index (κ1) is 13.2. The van der Waals surface area contributed by atoms with Crippen molar-refractivity contribution in [3.8, 4) is 11.5 Å². The van der Waals surface area contributed by atoms with Crippen LogP contribution in [0.1, 0.15) is 36.0 Å². The first-order valence-corrected chi connectivity index (χ1v) is 7.20. The molecule has 0 spiro atoms. The second-order valence-electron chi connectivity index (χ2n) is 5.39. The lowest BCUT2D eigenvalue weighted by Crippen LogP contribution is -2.49. The van der Waals surface area contributed by atoms with E-state index >= 15 is 0 Å². The molecule has 108 valence electrons. The smallest absolute Gasteiger partial charge is 0.251 e. The molecule has 3 rings (SSSR count). The normalized spacial score (nSPS) is 25.1. The van der Waals surface area contributed by atoms with E-state index in [0.29, 0.717) is 30.3 Å². The highest BCUT2D eigenvalue weighted by Gasteiger charge is 2.24. The Morgan fingerprint density at radius 2 is 1.90 bits per heavy atom. The fourth-order valence-corrected chi connectivity index (χ4v) is 2.78. The molecule has 1 fully saturated rings. The van der Waals surface area contributed by atoms with Crippen LogP contribution in [0, 0.1) is 0 Å². The van der Waals surface area contributed by atoms with Crippen molar-refractivity contribution in [1.82, 2.24) is 5.32 Å². The minimum atomic E-state index is -0.0932. The molecular formula is C15H20N2O3. The Balaban J connectivity index is 1.70. The van der Waals surface area contributed by atoms with E-state index in [-0.39, 0.29) is 18.0 Å². The lowest BCUT2D eigenvalue weighted by molar-refractivity contribution is 0.0920. The van der Waals surface area contributed by atoms with Crippen molar-refractivity contribution >= 4 is 5.91 Å². The highest BCUT2D eigenvalue weighted by molar-refractivity contribution is 5.95. The Labute approximate surface area is 118 Å². The van der Waals surface area contributed by atoms with Gasteiger partial charge in [0.1, 0.15) is 13.2 Å². The number of carbonyl (C=O) groups is 1. The van der Waals surface area contributed by atoms with Gasteiger partial charge in [-0.15, -0.1) is 0 Å². The summed E-state index contributed by atoms with van der Waals surface area (Å²) in [4.78, 5) is 12.3. The van der Waals surface area contributed by atoms with Gasteiger partial charge in [-0.2, -0.15) is 0 Å². The van der Waals surface area contributed by atoms with Crippen LogP contribution in [0.4, 0.5) is 0 Å². The molecule has 5 heteroatoms. The van der Waals surface area contributed by atoms with Crippen molar-refractivity contribution in [2.45, 2.75) is 37.8 Å². The lowest BCUT2D eigenvalue weighted by atomic mass is 9.91. The van der Waals surface area contributed by atoms with Crippen molar-refractivity contribution in [3.05, 3.63) is 23.8 Å². The van der Waals surface area contributed by atoms with E-state index in [2.05, 4.69) is 5.32 Å².